The van der Waals surface area contributed by atoms with Crippen LogP contribution in [0.2, 0.25) is 0 Å². The fraction of sp³-hybridized carbons (Fsp3) is 0.143. The summed E-state index contributed by atoms with van der Waals surface area (Å²) in [4.78, 5) is 16.2. The Balaban J connectivity index is 1.58. The van der Waals surface area contributed by atoms with E-state index in [2.05, 4.69) is 20.9 Å². The highest BCUT2D eigenvalue weighted by Gasteiger charge is 2.19. The molecular formula is C14H13FN4OS. The highest BCUT2D eigenvalue weighted by atomic mass is 32.2. The molecule has 0 saturated heterocycles. The zero-order valence-electron chi connectivity index (χ0n) is 11.0. The molecule has 1 aromatic rings. The van der Waals surface area contributed by atoms with Gasteiger partial charge in [-0.3, -0.25) is 9.79 Å². The second-order valence-electron chi connectivity index (χ2n) is 4.47. The molecule has 3 N–H and O–H groups in total. The zero-order chi connectivity index (χ0) is 14.7. The summed E-state index contributed by atoms with van der Waals surface area (Å²) in [5, 5.41) is 11.7. The van der Waals surface area contributed by atoms with Crippen molar-refractivity contribution in [2.75, 3.05) is 6.67 Å². The molecular weight excluding hydrogens is 291 g/mol. The number of allylic oxidation sites excluding steroid dienone is 1. The van der Waals surface area contributed by atoms with E-state index < -0.39 is 0 Å². The van der Waals surface area contributed by atoms with Crippen molar-refractivity contribution < 1.29 is 9.18 Å². The number of hydrogen-bond donors (Lipinski definition) is 3. The van der Waals surface area contributed by atoms with Crippen molar-refractivity contribution in [3.8, 4) is 0 Å². The Morgan fingerprint density at radius 2 is 2.19 bits per heavy atom. The molecule has 108 valence electrons. The quantitative estimate of drug-likeness (QED) is 0.790. The van der Waals surface area contributed by atoms with Crippen molar-refractivity contribution in [3.05, 3.63) is 57.5 Å². The van der Waals surface area contributed by atoms with Gasteiger partial charge in [0.05, 0.1) is 10.7 Å². The number of hydrogen-bond acceptors (Lipinski definition) is 5. The number of thioether (sulfide) groups is 1. The molecule has 2 aliphatic rings. The number of nitrogens with zero attached hydrogens (tertiary/aromatic N) is 1. The van der Waals surface area contributed by atoms with Gasteiger partial charge in [0.2, 0.25) is 0 Å². The summed E-state index contributed by atoms with van der Waals surface area (Å²) in [5.41, 5.74) is 2.10. The van der Waals surface area contributed by atoms with Crippen LogP contribution >= 0.6 is 11.8 Å². The average Bonchev–Trinajstić information content (AvgIpc) is 2.53. The fourth-order valence-corrected chi connectivity index (χ4v) is 2.67. The first-order valence-electron chi connectivity index (χ1n) is 6.37. The minimum absolute atomic E-state index is 0.211. The van der Waals surface area contributed by atoms with Gasteiger partial charge in [-0.1, -0.05) is 23.9 Å². The number of nitrogens with one attached hydrogen (secondary N) is 3. The molecule has 0 saturated carbocycles. The van der Waals surface area contributed by atoms with Crippen molar-refractivity contribution in [1.29, 1.82) is 0 Å². The van der Waals surface area contributed by atoms with E-state index in [1.54, 1.807) is 23.8 Å². The van der Waals surface area contributed by atoms with E-state index in [1.807, 2.05) is 0 Å². The molecule has 0 radical (unpaired) electrons. The van der Waals surface area contributed by atoms with Crippen molar-refractivity contribution in [2.24, 2.45) is 4.99 Å². The summed E-state index contributed by atoms with van der Waals surface area (Å²) < 4.78 is 12.8. The van der Waals surface area contributed by atoms with Crippen LogP contribution in [0.4, 0.5) is 4.39 Å². The number of rotatable bonds is 3. The lowest BCUT2D eigenvalue weighted by molar-refractivity contribution is -0.117. The van der Waals surface area contributed by atoms with Crippen LogP contribution in [-0.2, 0) is 11.3 Å². The first-order chi connectivity index (χ1) is 10.2. The summed E-state index contributed by atoms with van der Waals surface area (Å²) in [6.07, 6.45) is 1.71. The Hall–Kier alpha value is -2.28. The maximum Gasteiger partial charge on any atom is 0.268 e. The standard InChI is InChI=1S/C14H13FN4OS/c15-10-3-1-9(2-4-10)5-17-13(20)12-7-21-14-11(19-12)6-16-8-18-14/h1-4,6-7,18-19H,5,8H2,(H,17,20). The van der Waals surface area contributed by atoms with Crippen LogP contribution in [-0.4, -0.2) is 18.8 Å². The van der Waals surface area contributed by atoms with Crippen molar-refractivity contribution in [1.82, 2.24) is 16.0 Å². The summed E-state index contributed by atoms with van der Waals surface area (Å²) in [6.45, 7) is 0.897. The van der Waals surface area contributed by atoms with Crippen LogP contribution in [0.15, 0.2) is 51.1 Å². The third kappa shape index (κ3) is 3.25. The molecule has 0 unspecified atom stereocenters. The van der Waals surface area contributed by atoms with E-state index in [0.717, 1.165) is 16.3 Å². The van der Waals surface area contributed by atoms with Gasteiger partial charge >= 0.3 is 0 Å². The molecule has 7 heteroatoms. The van der Waals surface area contributed by atoms with E-state index in [-0.39, 0.29) is 11.7 Å². The van der Waals surface area contributed by atoms with Crippen LogP contribution in [0.25, 0.3) is 0 Å². The second kappa shape index (κ2) is 6.01. The largest absolute Gasteiger partial charge is 0.359 e. The predicted octanol–water partition coefficient (Wildman–Crippen LogP) is 1.42. The van der Waals surface area contributed by atoms with Gasteiger partial charge in [0, 0.05) is 18.2 Å². The van der Waals surface area contributed by atoms with Gasteiger partial charge in [-0.2, -0.15) is 0 Å². The van der Waals surface area contributed by atoms with Gasteiger partial charge in [-0.25, -0.2) is 4.39 Å². The maximum absolute atomic E-state index is 12.8. The van der Waals surface area contributed by atoms with Gasteiger partial charge in [-0.15, -0.1) is 0 Å². The first-order valence-corrected chi connectivity index (χ1v) is 7.25. The fourth-order valence-electron chi connectivity index (χ4n) is 1.88. The van der Waals surface area contributed by atoms with E-state index >= 15 is 0 Å². The van der Waals surface area contributed by atoms with Crippen LogP contribution in [0.3, 0.4) is 0 Å². The van der Waals surface area contributed by atoms with Crippen molar-refractivity contribution in [3.63, 3.8) is 0 Å². The normalized spacial score (nSPS) is 16.5. The molecule has 0 atom stereocenters. The summed E-state index contributed by atoms with van der Waals surface area (Å²) in [6, 6.07) is 6.03. The van der Waals surface area contributed by atoms with E-state index in [1.165, 1.54) is 23.9 Å². The monoisotopic (exact) mass is 304 g/mol. The Bertz CT molecular complexity index is 651. The number of halogens is 1. The smallest absolute Gasteiger partial charge is 0.268 e. The molecule has 5 nitrogen and oxygen atoms in total. The van der Waals surface area contributed by atoms with Crippen molar-refractivity contribution in [2.45, 2.75) is 6.54 Å². The van der Waals surface area contributed by atoms with Crippen molar-refractivity contribution >= 4 is 23.9 Å². The Morgan fingerprint density at radius 3 is 3.00 bits per heavy atom. The maximum atomic E-state index is 12.8. The molecule has 2 heterocycles. The highest BCUT2D eigenvalue weighted by molar-refractivity contribution is 8.05. The summed E-state index contributed by atoms with van der Waals surface area (Å²) >= 11 is 1.45. The number of carbonyl (C=O) groups is 1. The Labute approximate surface area is 125 Å². The molecule has 0 spiro atoms. The molecule has 0 aliphatic carbocycles. The zero-order valence-corrected chi connectivity index (χ0v) is 11.8. The molecule has 0 aromatic heterocycles. The Morgan fingerprint density at radius 1 is 1.38 bits per heavy atom. The lowest BCUT2D eigenvalue weighted by Gasteiger charge is -2.22. The van der Waals surface area contributed by atoms with E-state index in [0.29, 0.717) is 18.9 Å². The molecule has 0 fully saturated rings. The minimum atomic E-state index is -0.290. The van der Waals surface area contributed by atoms with E-state index in [4.69, 9.17) is 0 Å². The summed E-state index contributed by atoms with van der Waals surface area (Å²) in [5.74, 6) is -0.501. The van der Waals surface area contributed by atoms with Crippen LogP contribution in [0, 0.1) is 5.82 Å². The lowest BCUT2D eigenvalue weighted by Crippen LogP contribution is -2.35. The van der Waals surface area contributed by atoms with Crippen LogP contribution in [0.5, 0.6) is 0 Å². The Kier molecular flexibility index (Phi) is 3.92. The first kappa shape index (κ1) is 13.7. The van der Waals surface area contributed by atoms with Gasteiger partial charge in [-0.05, 0) is 17.7 Å². The molecule has 1 aromatic carbocycles. The lowest BCUT2D eigenvalue weighted by atomic mass is 10.2. The van der Waals surface area contributed by atoms with Crippen LogP contribution in [0.1, 0.15) is 5.56 Å². The van der Waals surface area contributed by atoms with Gasteiger partial charge in [0.1, 0.15) is 18.2 Å². The molecule has 1 amide bonds. The number of amides is 1. The van der Waals surface area contributed by atoms with E-state index in [9.17, 15) is 9.18 Å². The average molecular weight is 304 g/mol. The SMILES string of the molecule is O=C(NCc1ccc(F)cc1)C1=CSC2=C(C=NCN2)N1. The predicted molar refractivity (Wildman–Crippen MR) is 80.6 cm³/mol. The number of aliphatic imine (C=N–C) groups is 1. The summed E-state index contributed by atoms with van der Waals surface area (Å²) in [7, 11) is 0. The molecule has 0 bridgehead atoms. The third-order valence-electron chi connectivity index (χ3n) is 2.97. The van der Waals surface area contributed by atoms with Gasteiger partial charge in [0.15, 0.2) is 0 Å². The second-order valence-corrected chi connectivity index (χ2v) is 5.35. The molecule has 2 aliphatic heterocycles. The van der Waals surface area contributed by atoms with Gasteiger partial charge < -0.3 is 16.0 Å². The molecule has 3 rings (SSSR count). The van der Waals surface area contributed by atoms with Gasteiger partial charge in [0.25, 0.3) is 5.91 Å². The third-order valence-corrected chi connectivity index (χ3v) is 3.92. The molecule has 21 heavy (non-hydrogen) atoms. The highest BCUT2D eigenvalue weighted by Crippen LogP contribution is 2.24. The number of carbonyl (C=O) groups excluding carboxylic acids is 1. The van der Waals surface area contributed by atoms with Crippen LogP contribution < -0.4 is 16.0 Å². The number of benzene rings is 1. The topological polar surface area (TPSA) is 65.5 Å². The minimum Gasteiger partial charge on any atom is -0.359 e.